The van der Waals surface area contributed by atoms with Gasteiger partial charge in [-0.2, -0.15) is 0 Å². The van der Waals surface area contributed by atoms with Crippen molar-refractivity contribution in [2.45, 2.75) is 27.3 Å². The number of halogens is 1. The first-order valence-electron chi connectivity index (χ1n) is 5.79. The van der Waals surface area contributed by atoms with E-state index < -0.39 is 0 Å². The summed E-state index contributed by atoms with van der Waals surface area (Å²) in [4.78, 5) is 2.27. The second-order valence-electron chi connectivity index (χ2n) is 4.56. The molecule has 0 aromatic heterocycles. The molecule has 1 aromatic rings. The SMILES string of the molecule is CCN(Cc1cc(F)ccc1N)CC(C)C. The third-order valence-corrected chi connectivity index (χ3v) is 2.57. The molecule has 0 amide bonds. The molecule has 2 nitrogen and oxygen atoms in total. The van der Waals surface area contributed by atoms with Crippen LogP contribution in [0.1, 0.15) is 26.3 Å². The second-order valence-corrected chi connectivity index (χ2v) is 4.56. The van der Waals surface area contributed by atoms with Crippen molar-refractivity contribution < 1.29 is 4.39 Å². The predicted octanol–water partition coefficient (Wildman–Crippen LogP) is 2.89. The molecule has 0 aliphatic carbocycles. The van der Waals surface area contributed by atoms with Gasteiger partial charge in [-0.1, -0.05) is 20.8 Å². The monoisotopic (exact) mass is 224 g/mol. The molecule has 2 N–H and O–H groups in total. The predicted molar refractivity (Wildman–Crippen MR) is 66.6 cm³/mol. The van der Waals surface area contributed by atoms with Crippen LogP contribution in [0.25, 0.3) is 0 Å². The standard InChI is InChI=1S/C13H21FN2/c1-4-16(8-10(2)3)9-11-7-12(14)5-6-13(11)15/h5-7,10H,4,8-9,15H2,1-3H3. The van der Waals surface area contributed by atoms with Crippen molar-refractivity contribution in [1.29, 1.82) is 0 Å². The van der Waals surface area contributed by atoms with E-state index in [9.17, 15) is 4.39 Å². The van der Waals surface area contributed by atoms with E-state index >= 15 is 0 Å². The fourth-order valence-electron chi connectivity index (χ4n) is 1.77. The Hall–Kier alpha value is -1.09. The molecule has 0 radical (unpaired) electrons. The van der Waals surface area contributed by atoms with E-state index in [0.717, 1.165) is 25.2 Å². The maximum absolute atomic E-state index is 13.1. The lowest BCUT2D eigenvalue weighted by Crippen LogP contribution is -2.27. The van der Waals surface area contributed by atoms with Crippen molar-refractivity contribution in [1.82, 2.24) is 4.90 Å². The zero-order valence-corrected chi connectivity index (χ0v) is 10.3. The Bertz CT molecular complexity index is 337. The van der Waals surface area contributed by atoms with Crippen LogP contribution >= 0.6 is 0 Å². The molecule has 1 aromatic carbocycles. The Balaban J connectivity index is 2.73. The lowest BCUT2D eigenvalue weighted by Gasteiger charge is -2.23. The zero-order valence-electron chi connectivity index (χ0n) is 10.3. The van der Waals surface area contributed by atoms with Crippen LogP contribution in [0.5, 0.6) is 0 Å². The van der Waals surface area contributed by atoms with Crippen LogP contribution in [0.2, 0.25) is 0 Å². The third kappa shape index (κ3) is 3.81. The van der Waals surface area contributed by atoms with Gasteiger partial charge in [0, 0.05) is 18.8 Å². The smallest absolute Gasteiger partial charge is 0.123 e. The number of nitrogens with zero attached hydrogens (tertiary/aromatic N) is 1. The molecule has 0 spiro atoms. The van der Waals surface area contributed by atoms with Crippen molar-refractivity contribution in [3.63, 3.8) is 0 Å². The molecule has 0 fully saturated rings. The van der Waals surface area contributed by atoms with E-state index in [0.29, 0.717) is 11.6 Å². The summed E-state index contributed by atoms with van der Waals surface area (Å²) in [5.74, 6) is 0.388. The van der Waals surface area contributed by atoms with Crippen LogP contribution in [0.15, 0.2) is 18.2 Å². The normalized spacial score (nSPS) is 11.4. The molecule has 3 heteroatoms. The minimum atomic E-state index is -0.218. The van der Waals surface area contributed by atoms with E-state index in [1.54, 1.807) is 6.07 Å². The van der Waals surface area contributed by atoms with Crippen LogP contribution in [0.3, 0.4) is 0 Å². The Kier molecular flexibility index (Phi) is 4.74. The molecule has 0 saturated heterocycles. The van der Waals surface area contributed by atoms with Gasteiger partial charge >= 0.3 is 0 Å². The van der Waals surface area contributed by atoms with Crippen molar-refractivity contribution in [3.05, 3.63) is 29.6 Å². The van der Waals surface area contributed by atoms with E-state index in [-0.39, 0.29) is 5.82 Å². The van der Waals surface area contributed by atoms with Crippen LogP contribution in [0.4, 0.5) is 10.1 Å². The van der Waals surface area contributed by atoms with E-state index in [2.05, 4.69) is 25.7 Å². The summed E-state index contributed by atoms with van der Waals surface area (Å²) in [6.45, 7) is 9.14. The quantitative estimate of drug-likeness (QED) is 0.779. The summed E-state index contributed by atoms with van der Waals surface area (Å²) in [5.41, 5.74) is 7.38. The van der Waals surface area contributed by atoms with Gasteiger partial charge in [-0.25, -0.2) is 4.39 Å². The average molecular weight is 224 g/mol. The number of hydrogen-bond acceptors (Lipinski definition) is 2. The number of hydrogen-bond donors (Lipinski definition) is 1. The summed E-state index contributed by atoms with van der Waals surface area (Å²) in [6.07, 6.45) is 0. The highest BCUT2D eigenvalue weighted by Gasteiger charge is 2.08. The number of benzene rings is 1. The first-order valence-corrected chi connectivity index (χ1v) is 5.79. The maximum Gasteiger partial charge on any atom is 0.123 e. The van der Waals surface area contributed by atoms with E-state index in [4.69, 9.17) is 5.73 Å². The third-order valence-electron chi connectivity index (χ3n) is 2.57. The van der Waals surface area contributed by atoms with E-state index in [1.807, 2.05) is 0 Å². The van der Waals surface area contributed by atoms with Gasteiger partial charge in [-0.15, -0.1) is 0 Å². The minimum Gasteiger partial charge on any atom is -0.398 e. The molecule has 0 aliphatic rings. The zero-order chi connectivity index (χ0) is 12.1. The summed E-state index contributed by atoms with van der Waals surface area (Å²) in [7, 11) is 0. The van der Waals surface area contributed by atoms with Gasteiger partial charge in [0.25, 0.3) is 0 Å². The van der Waals surface area contributed by atoms with Crippen molar-refractivity contribution in [2.24, 2.45) is 5.92 Å². The molecule has 0 unspecified atom stereocenters. The van der Waals surface area contributed by atoms with Crippen LogP contribution in [-0.4, -0.2) is 18.0 Å². The van der Waals surface area contributed by atoms with Crippen molar-refractivity contribution in [2.75, 3.05) is 18.8 Å². The average Bonchev–Trinajstić information content (AvgIpc) is 2.21. The molecule has 1 rings (SSSR count). The minimum absolute atomic E-state index is 0.218. The summed E-state index contributed by atoms with van der Waals surface area (Å²) in [5, 5.41) is 0. The first kappa shape index (κ1) is 13.0. The first-order chi connectivity index (χ1) is 7.52. The molecule has 90 valence electrons. The Morgan fingerprint density at radius 2 is 2.06 bits per heavy atom. The molecule has 0 aliphatic heterocycles. The van der Waals surface area contributed by atoms with Gasteiger partial charge in [-0.05, 0) is 36.2 Å². The lowest BCUT2D eigenvalue weighted by atomic mass is 10.1. The van der Waals surface area contributed by atoms with E-state index in [1.165, 1.54) is 12.1 Å². The van der Waals surface area contributed by atoms with Gasteiger partial charge in [0.2, 0.25) is 0 Å². The van der Waals surface area contributed by atoms with Gasteiger partial charge < -0.3 is 5.73 Å². The molecular formula is C13H21FN2. The molecule has 16 heavy (non-hydrogen) atoms. The summed E-state index contributed by atoms with van der Waals surface area (Å²) >= 11 is 0. The van der Waals surface area contributed by atoms with Crippen LogP contribution < -0.4 is 5.73 Å². The molecule has 0 atom stereocenters. The fourth-order valence-corrected chi connectivity index (χ4v) is 1.77. The molecule has 0 bridgehead atoms. The number of anilines is 1. The van der Waals surface area contributed by atoms with Crippen molar-refractivity contribution in [3.8, 4) is 0 Å². The topological polar surface area (TPSA) is 29.3 Å². The summed E-state index contributed by atoms with van der Waals surface area (Å²) < 4.78 is 13.1. The maximum atomic E-state index is 13.1. The number of nitrogens with two attached hydrogens (primary N) is 1. The molecular weight excluding hydrogens is 203 g/mol. The Labute approximate surface area is 97.3 Å². The van der Waals surface area contributed by atoms with Gasteiger partial charge in [0.05, 0.1) is 0 Å². The highest BCUT2D eigenvalue weighted by Crippen LogP contribution is 2.16. The Morgan fingerprint density at radius 3 is 2.62 bits per heavy atom. The Morgan fingerprint density at radius 1 is 1.38 bits per heavy atom. The largest absolute Gasteiger partial charge is 0.398 e. The van der Waals surface area contributed by atoms with Crippen LogP contribution in [-0.2, 0) is 6.54 Å². The fraction of sp³-hybridized carbons (Fsp3) is 0.538. The van der Waals surface area contributed by atoms with Gasteiger partial charge in [-0.3, -0.25) is 4.90 Å². The summed E-state index contributed by atoms with van der Waals surface area (Å²) in [6, 6.07) is 4.56. The van der Waals surface area contributed by atoms with Gasteiger partial charge in [0.1, 0.15) is 5.82 Å². The van der Waals surface area contributed by atoms with Gasteiger partial charge in [0.15, 0.2) is 0 Å². The second kappa shape index (κ2) is 5.85. The molecule has 0 heterocycles. The highest BCUT2D eigenvalue weighted by molar-refractivity contribution is 5.46. The lowest BCUT2D eigenvalue weighted by molar-refractivity contribution is 0.248. The van der Waals surface area contributed by atoms with Crippen LogP contribution in [0, 0.1) is 11.7 Å². The number of rotatable bonds is 5. The van der Waals surface area contributed by atoms with Crippen molar-refractivity contribution >= 4 is 5.69 Å². The number of nitrogen functional groups attached to an aromatic ring is 1. The molecule has 0 saturated carbocycles. The highest BCUT2D eigenvalue weighted by atomic mass is 19.1.